The highest BCUT2D eigenvalue weighted by molar-refractivity contribution is 5.94. The number of aryl methyl sites for hydroxylation is 2. The van der Waals surface area contributed by atoms with Gasteiger partial charge in [0.15, 0.2) is 0 Å². The maximum absolute atomic E-state index is 12.8. The molecule has 3 aromatic rings. The lowest BCUT2D eigenvalue weighted by molar-refractivity contribution is 0.0746. The second-order valence-corrected chi connectivity index (χ2v) is 7.34. The van der Waals surface area contributed by atoms with E-state index in [0.29, 0.717) is 18.7 Å². The second kappa shape index (κ2) is 8.31. The molecule has 2 aromatic heterocycles. The summed E-state index contributed by atoms with van der Waals surface area (Å²) in [5, 5.41) is 3.33. The first-order chi connectivity index (χ1) is 14.1. The first-order valence-electron chi connectivity index (χ1n) is 9.86. The summed E-state index contributed by atoms with van der Waals surface area (Å²) in [5.41, 5.74) is 3.99. The van der Waals surface area contributed by atoms with Crippen molar-refractivity contribution >= 4 is 23.2 Å². The molecule has 1 aromatic carbocycles. The van der Waals surface area contributed by atoms with Crippen LogP contribution in [0.3, 0.4) is 0 Å². The number of aromatic nitrogens is 2. The molecule has 6 nitrogen and oxygen atoms in total. The lowest BCUT2D eigenvalue weighted by atomic mass is 10.1. The van der Waals surface area contributed by atoms with Crippen molar-refractivity contribution < 1.29 is 4.79 Å². The fourth-order valence-corrected chi connectivity index (χ4v) is 3.46. The van der Waals surface area contributed by atoms with Crippen LogP contribution in [0.2, 0.25) is 0 Å². The molecule has 1 aliphatic heterocycles. The molecule has 1 saturated heterocycles. The number of benzene rings is 1. The van der Waals surface area contributed by atoms with Gasteiger partial charge in [-0.25, -0.2) is 9.97 Å². The molecule has 1 amide bonds. The monoisotopic (exact) mass is 387 g/mol. The van der Waals surface area contributed by atoms with Gasteiger partial charge in [0.1, 0.15) is 11.6 Å². The second-order valence-electron chi connectivity index (χ2n) is 7.34. The molecule has 0 atom stereocenters. The quantitative estimate of drug-likeness (QED) is 0.738. The summed E-state index contributed by atoms with van der Waals surface area (Å²) < 4.78 is 0. The number of amides is 1. The zero-order valence-electron chi connectivity index (χ0n) is 16.8. The Labute approximate surface area is 171 Å². The molecule has 0 saturated carbocycles. The van der Waals surface area contributed by atoms with Crippen LogP contribution in [-0.4, -0.2) is 47.0 Å². The SMILES string of the molecule is Cc1ccc(C)c(Nc2ccc(C(=O)N3CCN(c4ccccn4)CC3)cn2)c1. The average Bonchev–Trinajstić information content (AvgIpc) is 2.77. The van der Waals surface area contributed by atoms with E-state index in [9.17, 15) is 4.79 Å². The van der Waals surface area contributed by atoms with Gasteiger partial charge < -0.3 is 15.1 Å². The van der Waals surface area contributed by atoms with E-state index in [1.807, 2.05) is 35.2 Å². The number of hydrogen-bond donors (Lipinski definition) is 1. The van der Waals surface area contributed by atoms with Crippen LogP contribution in [0, 0.1) is 13.8 Å². The first-order valence-corrected chi connectivity index (χ1v) is 9.86. The maximum Gasteiger partial charge on any atom is 0.255 e. The van der Waals surface area contributed by atoms with Crippen LogP contribution in [0.1, 0.15) is 21.5 Å². The molecular weight excluding hydrogens is 362 g/mol. The molecular formula is C23H25N5O. The van der Waals surface area contributed by atoms with Crippen LogP contribution in [0.15, 0.2) is 60.9 Å². The molecule has 0 bridgehead atoms. The van der Waals surface area contributed by atoms with Gasteiger partial charge in [-0.15, -0.1) is 0 Å². The number of pyridine rings is 2. The average molecular weight is 387 g/mol. The third kappa shape index (κ3) is 4.37. The van der Waals surface area contributed by atoms with Crippen LogP contribution >= 0.6 is 0 Å². The molecule has 0 radical (unpaired) electrons. The van der Waals surface area contributed by atoms with Crippen molar-refractivity contribution in [2.24, 2.45) is 0 Å². The van der Waals surface area contributed by atoms with Gasteiger partial charge >= 0.3 is 0 Å². The Morgan fingerprint density at radius 3 is 2.48 bits per heavy atom. The van der Waals surface area contributed by atoms with Crippen molar-refractivity contribution in [3.63, 3.8) is 0 Å². The number of nitrogens with one attached hydrogen (secondary N) is 1. The van der Waals surface area contributed by atoms with Gasteiger partial charge in [-0.3, -0.25) is 4.79 Å². The van der Waals surface area contributed by atoms with Crippen molar-refractivity contribution in [3.8, 4) is 0 Å². The Hall–Kier alpha value is -3.41. The molecule has 148 valence electrons. The van der Waals surface area contributed by atoms with Gasteiger partial charge in [-0.1, -0.05) is 18.2 Å². The van der Waals surface area contributed by atoms with Crippen molar-refractivity contribution in [2.75, 3.05) is 36.4 Å². The zero-order valence-corrected chi connectivity index (χ0v) is 16.8. The minimum Gasteiger partial charge on any atom is -0.353 e. The fraction of sp³-hybridized carbons (Fsp3) is 0.261. The lowest BCUT2D eigenvalue weighted by Gasteiger charge is -2.35. The Kier molecular flexibility index (Phi) is 5.42. The highest BCUT2D eigenvalue weighted by Crippen LogP contribution is 2.21. The topological polar surface area (TPSA) is 61.4 Å². The van der Waals surface area contributed by atoms with Crippen molar-refractivity contribution in [1.29, 1.82) is 0 Å². The molecule has 0 aliphatic carbocycles. The predicted molar refractivity (Wildman–Crippen MR) is 116 cm³/mol. The third-order valence-corrected chi connectivity index (χ3v) is 5.21. The Morgan fingerprint density at radius 2 is 1.79 bits per heavy atom. The van der Waals surface area contributed by atoms with Gasteiger partial charge in [-0.05, 0) is 55.3 Å². The van der Waals surface area contributed by atoms with Gasteiger partial charge in [0, 0.05) is 44.3 Å². The number of carbonyl (C=O) groups excluding carboxylic acids is 1. The molecule has 4 rings (SSSR count). The van der Waals surface area contributed by atoms with Crippen LogP contribution in [0.4, 0.5) is 17.3 Å². The summed E-state index contributed by atoms with van der Waals surface area (Å²) >= 11 is 0. The molecule has 0 spiro atoms. The third-order valence-electron chi connectivity index (χ3n) is 5.21. The zero-order chi connectivity index (χ0) is 20.2. The normalized spacial score (nSPS) is 14.0. The Morgan fingerprint density at radius 1 is 0.966 bits per heavy atom. The minimum atomic E-state index is 0.0245. The molecule has 1 fully saturated rings. The molecule has 6 heteroatoms. The Balaban J connectivity index is 1.38. The minimum absolute atomic E-state index is 0.0245. The van der Waals surface area contributed by atoms with Gasteiger partial charge in [0.05, 0.1) is 5.56 Å². The lowest BCUT2D eigenvalue weighted by Crippen LogP contribution is -2.49. The fourth-order valence-electron chi connectivity index (χ4n) is 3.46. The van der Waals surface area contributed by atoms with Crippen LogP contribution in [-0.2, 0) is 0 Å². The summed E-state index contributed by atoms with van der Waals surface area (Å²) in [4.78, 5) is 25.8. The molecule has 29 heavy (non-hydrogen) atoms. The number of anilines is 3. The molecule has 1 aliphatic rings. The van der Waals surface area contributed by atoms with E-state index in [1.165, 1.54) is 5.56 Å². The van der Waals surface area contributed by atoms with Crippen molar-refractivity contribution in [2.45, 2.75) is 13.8 Å². The van der Waals surface area contributed by atoms with Crippen LogP contribution in [0.25, 0.3) is 0 Å². The van der Waals surface area contributed by atoms with Crippen molar-refractivity contribution in [1.82, 2.24) is 14.9 Å². The van der Waals surface area contributed by atoms with Gasteiger partial charge in [0.2, 0.25) is 0 Å². The number of carbonyl (C=O) groups is 1. The largest absolute Gasteiger partial charge is 0.353 e. The summed E-state index contributed by atoms with van der Waals surface area (Å²) in [6.07, 6.45) is 3.45. The smallest absolute Gasteiger partial charge is 0.255 e. The van der Waals surface area contributed by atoms with E-state index in [4.69, 9.17) is 0 Å². The molecule has 3 heterocycles. The van der Waals surface area contributed by atoms with E-state index < -0.39 is 0 Å². The maximum atomic E-state index is 12.8. The summed E-state index contributed by atoms with van der Waals surface area (Å²) in [6.45, 7) is 7.04. The summed E-state index contributed by atoms with van der Waals surface area (Å²) in [6, 6.07) is 15.9. The number of nitrogens with zero attached hydrogens (tertiary/aromatic N) is 4. The van der Waals surface area contributed by atoms with Gasteiger partial charge in [-0.2, -0.15) is 0 Å². The molecule has 0 unspecified atom stereocenters. The highest BCUT2D eigenvalue weighted by atomic mass is 16.2. The number of piperazine rings is 1. The summed E-state index contributed by atoms with van der Waals surface area (Å²) in [5.74, 6) is 1.72. The first kappa shape index (κ1) is 18.9. The van der Waals surface area contributed by atoms with E-state index in [0.717, 1.165) is 36.0 Å². The highest BCUT2D eigenvalue weighted by Gasteiger charge is 2.23. The number of hydrogen-bond acceptors (Lipinski definition) is 5. The van der Waals surface area contributed by atoms with Gasteiger partial charge in [0.25, 0.3) is 5.91 Å². The predicted octanol–water partition coefficient (Wildman–Crippen LogP) is 3.80. The van der Waals surface area contributed by atoms with Crippen LogP contribution < -0.4 is 10.2 Å². The van der Waals surface area contributed by atoms with E-state index >= 15 is 0 Å². The Bertz CT molecular complexity index is 980. The van der Waals surface area contributed by atoms with Crippen LogP contribution in [0.5, 0.6) is 0 Å². The standard InChI is InChI=1S/C23H25N5O/c1-17-6-7-18(2)20(15-17)26-21-9-8-19(16-25-21)23(29)28-13-11-27(12-14-28)22-5-3-4-10-24-22/h3-10,15-16H,11-14H2,1-2H3,(H,25,26). The van der Waals surface area contributed by atoms with E-state index in [-0.39, 0.29) is 5.91 Å². The summed E-state index contributed by atoms with van der Waals surface area (Å²) in [7, 11) is 0. The van der Waals surface area contributed by atoms with Crippen molar-refractivity contribution in [3.05, 3.63) is 77.6 Å². The van der Waals surface area contributed by atoms with E-state index in [1.54, 1.807) is 12.4 Å². The molecule has 1 N–H and O–H groups in total. The van der Waals surface area contributed by atoms with E-state index in [2.05, 4.69) is 52.2 Å². The number of rotatable bonds is 4.